The molecule has 1 saturated heterocycles. The predicted molar refractivity (Wildman–Crippen MR) is 148 cm³/mol. The fraction of sp³-hybridized carbons (Fsp3) is 0.276. The molecule has 1 aromatic heterocycles. The molecule has 0 spiro atoms. The summed E-state index contributed by atoms with van der Waals surface area (Å²) in [5.74, 6) is 1.79. The average Bonchev–Trinajstić information content (AvgIpc) is 2.90. The lowest BCUT2D eigenvalue weighted by Crippen LogP contribution is -2.44. The van der Waals surface area contributed by atoms with E-state index >= 15 is 0 Å². The van der Waals surface area contributed by atoms with Crippen molar-refractivity contribution < 1.29 is 0 Å². The van der Waals surface area contributed by atoms with Gasteiger partial charge in [0.1, 0.15) is 0 Å². The molecule has 5 rings (SSSR count). The summed E-state index contributed by atoms with van der Waals surface area (Å²) >= 11 is 0. The van der Waals surface area contributed by atoms with Gasteiger partial charge in [0.25, 0.3) is 0 Å². The van der Waals surface area contributed by atoms with Gasteiger partial charge in [0, 0.05) is 43.2 Å². The molecule has 0 aliphatic carbocycles. The maximum Gasteiger partial charge on any atom is 0.241 e. The van der Waals surface area contributed by atoms with Crippen molar-refractivity contribution in [1.82, 2.24) is 20.3 Å². The molecule has 3 aromatic carbocycles. The van der Waals surface area contributed by atoms with Gasteiger partial charge in [0.2, 0.25) is 17.8 Å². The fourth-order valence-electron chi connectivity index (χ4n) is 4.29. The highest BCUT2D eigenvalue weighted by Gasteiger charge is 2.21. The van der Waals surface area contributed by atoms with E-state index in [0.717, 1.165) is 43.2 Å². The molecule has 4 aromatic rings. The predicted octanol–water partition coefficient (Wildman–Crippen LogP) is 5.73. The van der Waals surface area contributed by atoms with Crippen LogP contribution in [0.15, 0.2) is 66.7 Å². The van der Waals surface area contributed by atoms with Crippen LogP contribution in [0, 0.1) is 27.7 Å². The van der Waals surface area contributed by atoms with Gasteiger partial charge in [-0.1, -0.05) is 30.3 Å². The summed E-state index contributed by atoms with van der Waals surface area (Å²) < 4.78 is 0. The number of para-hydroxylation sites is 1. The molecule has 1 aliphatic rings. The highest BCUT2D eigenvalue weighted by Crippen LogP contribution is 2.34. The van der Waals surface area contributed by atoms with Gasteiger partial charge < -0.3 is 15.5 Å². The third-order valence-electron chi connectivity index (χ3n) is 6.74. The van der Waals surface area contributed by atoms with E-state index in [9.17, 15) is 0 Å². The summed E-state index contributed by atoms with van der Waals surface area (Å²) in [5.41, 5.74) is 7.91. The topological polar surface area (TPSA) is 69.2 Å². The Labute approximate surface area is 213 Å². The summed E-state index contributed by atoms with van der Waals surface area (Å²) in [7, 11) is 0. The van der Waals surface area contributed by atoms with Crippen molar-refractivity contribution in [2.45, 2.75) is 27.7 Å². The Morgan fingerprint density at radius 3 is 2.11 bits per heavy atom. The number of aromatic nitrogens is 3. The summed E-state index contributed by atoms with van der Waals surface area (Å²) in [6, 6.07) is 23.0. The van der Waals surface area contributed by atoms with Crippen LogP contribution in [0.1, 0.15) is 22.3 Å². The molecule has 184 valence electrons. The smallest absolute Gasteiger partial charge is 0.241 e. The monoisotopic (exact) mass is 479 g/mol. The van der Waals surface area contributed by atoms with Crippen molar-refractivity contribution in [2.75, 3.05) is 41.3 Å². The molecule has 0 unspecified atom stereocenters. The molecule has 7 heteroatoms. The number of hydrogen-bond donors (Lipinski definition) is 2. The fourth-order valence-corrected chi connectivity index (χ4v) is 4.29. The van der Waals surface area contributed by atoms with E-state index in [1.807, 2.05) is 18.2 Å². The quantitative estimate of drug-likeness (QED) is 0.366. The summed E-state index contributed by atoms with van der Waals surface area (Å²) in [6.45, 7) is 12.0. The maximum atomic E-state index is 5.00. The molecule has 1 fully saturated rings. The van der Waals surface area contributed by atoms with Crippen molar-refractivity contribution in [1.29, 1.82) is 0 Å². The van der Waals surface area contributed by atoms with Crippen LogP contribution < -0.4 is 20.4 Å². The van der Waals surface area contributed by atoms with Crippen LogP contribution in [0.5, 0.6) is 0 Å². The zero-order chi connectivity index (χ0) is 25.1. The normalized spacial score (nSPS) is 13.5. The van der Waals surface area contributed by atoms with E-state index in [4.69, 9.17) is 15.0 Å². The number of hydrogen-bond acceptors (Lipinski definition) is 7. The van der Waals surface area contributed by atoms with E-state index < -0.39 is 0 Å². The number of aryl methyl sites for hydroxylation is 4. The van der Waals surface area contributed by atoms with E-state index in [0.29, 0.717) is 17.8 Å². The Morgan fingerprint density at radius 1 is 0.722 bits per heavy atom. The van der Waals surface area contributed by atoms with Crippen molar-refractivity contribution in [2.24, 2.45) is 0 Å². The molecule has 0 bridgehead atoms. The minimum Gasteiger partial charge on any atom is -0.338 e. The summed E-state index contributed by atoms with van der Waals surface area (Å²) in [6.07, 6.45) is 0. The molecule has 2 heterocycles. The molecule has 36 heavy (non-hydrogen) atoms. The first-order valence-electron chi connectivity index (χ1n) is 12.5. The Morgan fingerprint density at radius 2 is 1.42 bits per heavy atom. The maximum absolute atomic E-state index is 5.00. The molecular weight excluding hydrogens is 446 g/mol. The first-order valence-corrected chi connectivity index (χ1v) is 12.5. The lowest BCUT2D eigenvalue weighted by atomic mass is 10.1. The third kappa shape index (κ3) is 5.16. The molecule has 0 amide bonds. The molecular formula is C29H33N7. The number of piperazine rings is 1. The zero-order valence-corrected chi connectivity index (χ0v) is 21.4. The third-order valence-corrected chi connectivity index (χ3v) is 6.74. The zero-order valence-electron chi connectivity index (χ0n) is 21.4. The van der Waals surface area contributed by atoms with Gasteiger partial charge >= 0.3 is 0 Å². The van der Waals surface area contributed by atoms with Crippen molar-refractivity contribution >= 4 is 34.9 Å². The van der Waals surface area contributed by atoms with Crippen LogP contribution >= 0.6 is 0 Å². The van der Waals surface area contributed by atoms with Gasteiger partial charge in [0.05, 0.1) is 0 Å². The molecule has 7 nitrogen and oxygen atoms in total. The number of rotatable bonds is 6. The Hall–Kier alpha value is -3.97. The Balaban J connectivity index is 1.64. The molecule has 0 radical (unpaired) electrons. The number of benzene rings is 3. The van der Waals surface area contributed by atoms with Gasteiger partial charge in [-0.2, -0.15) is 15.0 Å². The number of nitrogens with zero attached hydrogens (tertiary/aromatic N) is 5. The van der Waals surface area contributed by atoms with Gasteiger partial charge in [-0.15, -0.1) is 0 Å². The lowest BCUT2D eigenvalue weighted by molar-refractivity contribution is 0.579. The summed E-state index contributed by atoms with van der Waals surface area (Å²) in [5, 5.41) is 6.85. The lowest BCUT2D eigenvalue weighted by Gasteiger charge is -2.29. The van der Waals surface area contributed by atoms with Crippen molar-refractivity contribution in [3.63, 3.8) is 0 Å². The van der Waals surface area contributed by atoms with Gasteiger partial charge in [-0.25, -0.2) is 0 Å². The van der Waals surface area contributed by atoms with Gasteiger partial charge in [0.15, 0.2) is 0 Å². The van der Waals surface area contributed by atoms with Gasteiger partial charge in [-0.05, 0) is 86.3 Å². The van der Waals surface area contributed by atoms with Crippen LogP contribution in [0.25, 0.3) is 0 Å². The van der Waals surface area contributed by atoms with Crippen molar-refractivity contribution in [3.05, 3.63) is 89.0 Å². The van der Waals surface area contributed by atoms with Crippen molar-refractivity contribution in [3.8, 4) is 0 Å². The van der Waals surface area contributed by atoms with Crippen LogP contribution in [-0.4, -0.2) is 41.1 Å². The highest BCUT2D eigenvalue weighted by molar-refractivity contribution is 5.74. The van der Waals surface area contributed by atoms with Gasteiger partial charge in [-0.3, -0.25) is 4.90 Å². The van der Waals surface area contributed by atoms with E-state index in [1.54, 1.807) is 0 Å². The van der Waals surface area contributed by atoms with Crippen LogP contribution in [-0.2, 0) is 0 Å². The molecule has 0 atom stereocenters. The summed E-state index contributed by atoms with van der Waals surface area (Å²) in [4.78, 5) is 19.1. The molecule has 0 saturated carbocycles. The highest BCUT2D eigenvalue weighted by atomic mass is 15.4. The minimum absolute atomic E-state index is 0.529. The number of nitrogens with one attached hydrogen (secondary N) is 2. The SMILES string of the molecule is Cc1ccc(Nc2nc(N3CCNCC3)nc(N(c3ccccc3)c3ccc(C)c(C)c3)n2)cc1C. The molecule has 1 aliphatic heterocycles. The standard InChI is InChI=1S/C29H33N7/c1-20-10-12-24(18-22(20)3)31-27-32-28(35-16-14-30-15-17-35)34-29(33-27)36(25-8-6-5-7-9-25)26-13-11-21(2)23(4)19-26/h5-13,18-19,30H,14-17H2,1-4H3,(H,31,32,33,34). The Kier molecular flexibility index (Phi) is 6.82. The van der Waals surface area contributed by atoms with E-state index in [-0.39, 0.29) is 0 Å². The largest absolute Gasteiger partial charge is 0.338 e. The van der Waals surface area contributed by atoms with Crippen LogP contribution in [0.3, 0.4) is 0 Å². The second-order valence-corrected chi connectivity index (χ2v) is 9.36. The Bertz CT molecular complexity index is 1350. The first kappa shape index (κ1) is 23.8. The minimum atomic E-state index is 0.529. The second-order valence-electron chi connectivity index (χ2n) is 9.36. The second kappa shape index (κ2) is 10.3. The van der Waals surface area contributed by atoms with E-state index in [1.165, 1.54) is 22.3 Å². The van der Waals surface area contributed by atoms with Crippen LogP contribution in [0.2, 0.25) is 0 Å². The average molecular weight is 480 g/mol. The number of anilines is 6. The van der Waals surface area contributed by atoms with E-state index in [2.05, 4.69) is 96.7 Å². The van der Waals surface area contributed by atoms with Crippen LogP contribution in [0.4, 0.5) is 34.9 Å². The first-order chi connectivity index (χ1) is 17.5. The molecule has 2 N–H and O–H groups in total.